The van der Waals surface area contributed by atoms with Crippen LogP contribution in [0.15, 0.2) is 12.1 Å². The molecule has 1 N–H and O–H groups in total. The minimum atomic E-state index is 0.0479. The molecular formula is C15H23ClN2OS. The first-order chi connectivity index (χ1) is 9.56. The van der Waals surface area contributed by atoms with E-state index in [4.69, 9.17) is 11.6 Å². The first-order valence-corrected chi connectivity index (χ1v) is 8.50. The Hall–Kier alpha value is -0.740. The summed E-state index contributed by atoms with van der Waals surface area (Å²) < 4.78 is 0.805. The topological polar surface area (TPSA) is 32.3 Å². The van der Waals surface area contributed by atoms with Gasteiger partial charge in [-0.15, -0.1) is 11.3 Å². The molecule has 2 atom stereocenters. The molecular weight excluding hydrogens is 292 g/mol. The van der Waals surface area contributed by atoms with Crippen LogP contribution in [0.4, 0.5) is 4.79 Å². The second-order valence-electron chi connectivity index (χ2n) is 5.72. The van der Waals surface area contributed by atoms with Crippen LogP contribution in [0, 0.1) is 5.92 Å². The molecule has 0 aromatic carbocycles. The van der Waals surface area contributed by atoms with Gasteiger partial charge in [-0.3, -0.25) is 0 Å². The molecule has 5 heteroatoms. The minimum Gasteiger partial charge on any atom is -0.338 e. The lowest BCUT2D eigenvalue weighted by Crippen LogP contribution is -2.45. The summed E-state index contributed by atoms with van der Waals surface area (Å²) in [5.41, 5.74) is 0. The molecule has 1 saturated carbocycles. The van der Waals surface area contributed by atoms with Gasteiger partial charge in [-0.2, -0.15) is 0 Å². The lowest BCUT2D eigenvalue weighted by molar-refractivity contribution is 0.160. The van der Waals surface area contributed by atoms with Crippen molar-refractivity contribution in [2.24, 2.45) is 5.92 Å². The van der Waals surface area contributed by atoms with Crippen LogP contribution in [0.5, 0.6) is 0 Å². The Morgan fingerprint density at radius 1 is 1.50 bits per heavy atom. The van der Waals surface area contributed by atoms with Gasteiger partial charge in [0.25, 0.3) is 0 Å². The molecule has 20 heavy (non-hydrogen) atoms. The second kappa shape index (κ2) is 7.32. The quantitative estimate of drug-likeness (QED) is 0.889. The minimum absolute atomic E-state index is 0.0479. The van der Waals surface area contributed by atoms with Gasteiger partial charge in [-0.1, -0.05) is 31.4 Å². The van der Waals surface area contributed by atoms with Gasteiger partial charge in [-0.05, 0) is 37.3 Å². The Kier molecular flexibility index (Phi) is 5.73. The van der Waals surface area contributed by atoms with E-state index in [0.29, 0.717) is 12.6 Å². The fraction of sp³-hybridized carbons (Fsp3) is 0.667. The SMILES string of the molecule is CC1CCCC(N(C)C(=O)NCCc2ccc(Cl)s2)C1. The van der Waals surface area contributed by atoms with Crippen molar-refractivity contribution in [3.05, 3.63) is 21.3 Å². The highest BCUT2D eigenvalue weighted by Crippen LogP contribution is 2.26. The van der Waals surface area contributed by atoms with Crippen molar-refractivity contribution in [2.45, 2.75) is 45.1 Å². The van der Waals surface area contributed by atoms with Crippen LogP contribution in [0.1, 0.15) is 37.5 Å². The van der Waals surface area contributed by atoms with E-state index in [1.54, 1.807) is 11.3 Å². The predicted octanol–water partition coefficient (Wildman–Crippen LogP) is 4.16. The van der Waals surface area contributed by atoms with Crippen molar-refractivity contribution >= 4 is 29.0 Å². The molecule has 0 saturated heterocycles. The third-order valence-electron chi connectivity index (χ3n) is 4.05. The summed E-state index contributed by atoms with van der Waals surface area (Å²) in [4.78, 5) is 15.2. The molecule has 0 bridgehead atoms. The van der Waals surface area contributed by atoms with E-state index in [0.717, 1.165) is 29.5 Å². The third-order valence-corrected chi connectivity index (χ3v) is 5.34. The Balaban J connectivity index is 1.73. The smallest absolute Gasteiger partial charge is 0.317 e. The van der Waals surface area contributed by atoms with Crippen molar-refractivity contribution < 1.29 is 4.79 Å². The zero-order valence-electron chi connectivity index (χ0n) is 12.2. The fourth-order valence-corrected chi connectivity index (χ4v) is 3.91. The summed E-state index contributed by atoms with van der Waals surface area (Å²) in [7, 11) is 1.92. The van der Waals surface area contributed by atoms with Crippen molar-refractivity contribution in [3.8, 4) is 0 Å². The van der Waals surface area contributed by atoms with Crippen LogP contribution in [0.25, 0.3) is 0 Å². The van der Waals surface area contributed by atoms with E-state index in [9.17, 15) is 4.79 Å². The number of carbonyl (C=O) groups is 1. The average Bonchev–Trinajstić information content (AvgIpc) is 2.83. The summed E-state index contributed by atoms with van der Waals surface area (Å²) in [5, 5.41) is 3.00. The number of hydrogen-bond acceptors (Lipinski definition) is 2. The summed E-state index contributed by atoms with van der Waals surface area (Å²) in [6, 6.07) is 4.37. The third kappa shape index (κ3) is 4.38. The molecule has 0 radical (unpaired) electrons. The molecule has 112 valence electrons. The van der Waals surface area contributed by atoms with Gasteiger partial charge in [-0.25, -0.2) is 4.79 Å². The monoisotopic (exact) mass is 314 g/mol. The van der Waals surface area contributed by atoms with Crippen LogP contribution < -0.4 is 5.32 Å². The molecule has 1 heterocycles. The summed E-state index contributed by atoms with van der Waals surface area (Å²) >= 11 is 7.47. The molecule has 0 spiro atoms. The molecule has 1 aromatic heterocycles. The number of nitrogens with one attached hydrogen (secondary N) is 1. The fourth-order valence-electron chi connectivity index (χ4n) is 2.82. The van der Waals surface area contributed by atoms with Crippen LogP contribution in [-0.4, -0.2) is 30.6 Å². The van der Waals surface area contributed by atoms with E-state index >= 15 is 0 Å². The Labute approximate surface area is 130 Å². The molecule has 1 aliphatic carbocycles. The van der Waals surface area contributed by atoms with E-state index in [-0.39, 0.29) is 6.03 Å². The number of urea groups is 1. The highest BCUT2D eigenvalue weighted by atomic mass is 35.5. The number of nitrogens with zero attached hydrogens (tertiary/aromatic N) is 1. The zero-order valence-corrected chi connectivity index (χ0v) is 13.8. The molecule has 0 aliphatic heterocycles. The normalized spacial score (nSPS) is 22.6. The number of rotatable bonds is 4. The van der Waals surface area contributed by atoms with Gasteiger partial charge < -0.3 is 10.2 Å². The molecule has 2 rings (SSSR count). The highest BCUT2D eigenvalue weighted by molar-refractivity contribution is 7.16. The standard InChI is InChI=1S/C15H23ClN2OS/c1-11-4-3-5-12(10-11)18(2)15(19)17-9-8-13-6-7-14(16)20-13/h6-7,11-12H,3-5,8-10H2,1-2H3,(H,17,19). The number of hydrogen-bond donors (Lipinski definition) is 1. The van der Waals surface area contributed by atoms with Gasteiger partial charge in [0.15, 0.2) is 0 Å². The Morgan fingerprint density at radius 2 is 2.30 bits per heavy atom. The van der Waals surface area contributed by atoms with Crippen LogP contribution in [0.3, 0.4) is 0 Å². The van der Waals surface area contributed by atoms with Crippen LogP contribution >= 0.6 is 22.9 Å². The number of halogens is 1. The number of carbonyl (C=O) groups excluding carboxylic acids is 1. The molecule has 2 amide bonds. The summed E-state index contributed by atoms with van der Waals surface area (Å²) in [6.07, 6.45) is 5.64. The zero-order chi connectivity index (χ0) is 14.5. The van der Waals surface area contributed by atoms with Gasteiger partial charge in [0.05, 0.1) is 4.34 Å². The molecule has 1 fully saturated rings. The van der Waals surface area contributed by atoms with Gasteiger partial charge in [0.1, 0.15) is 0 Å². The van der Waals surface area contributed by atoms with E-state index in [1.165, 1.54) is 17.7 Å². The number of amides is 2. The van der Waals surface area contributed by atoms with Gasteiger partial charge >= 0.3 is 6.03 Å². The van der Waals surface area contributed by atoms with Crippen molar-refractivity contribution in [2.75, 3.05) is 13.6 Å². The predicted molar refractivity (Wildman–Crippen MR) is 85.6 cm³/mol. The number of thiophene rings is 1. The van der Waals surface area contributed by atoms with Crippen molar-refractivity contribution in [1.82, 2.24) is 10.2 Å². The summed E-state index contributed by atoms with van der Waals surface area (Å²) in [5.74, 6) is 0.734. The lowest BCUT2D eigenvalue weighted by atomic mass is 9.86. The molecule has 1 aliphatic rings. The maximum Gasteiger partial charge on any atom is 0.317 e. The van der Waals surface area contributed by atoms with E-state index in [2.05, 4.69) is 12.2 Å². The average molecular weight is 315 g/mol. The van der Waals surface area contributed by atoms with Crippen molar-refractivity contribution in [1.29, 1.82) is 0 Å². The lowest BCUT2D eigenvalue weighted by Gasteiger charge is -2.34. The maximum absolute atomic E-state index is 12.1. The first-order valence-electron chi connectivity index (χ1n) is 7.31. The highest BCUT2D eigenvalue weighted by Gasteiger charge is 2.25. The molecule has 2 unspecified atom stereocenters. The second-order valence-corrected chi connectivity index (χ2v) is 7.52. The summed E-state index contributed by atoms with van der Waals surface area (Å²) in [6.45, 7) is 2.95. The van der Waals surface area contributed by atoms with Crippen LogP contribution in [0.2, 0.25) is 4.34 Å². The Morgan fingerprint density at radius 3 is 2.95 bits per heavy atom. The maximum atomic E-state index is 12.1. The molecule has 3 nitrogen and oxygen atoms in total. The van der Waals surface area contributed by atoms with E-state index in [1.807, 2.05) is 24.1 Å². The van der Waals surface area contributed by atoms with Crippen LogP contribution in [-0.2, 0) is 6.42 Å². The van der Waals surface area contributed by atoms with E-state index < -0.39 is 0 Å². The van der Waals surface area contributed by atoms with Gasteiger partial charge in [0.2, 0.25) is 0 Å². The first kappa shape index (κ1) is 15.6. The van der Waals surface area contributed by atoms with Gasteiger partial charge in [0, 0.05) is 24.5 Å². The Bertz CT molecular complexity index is 449. The largest absolute Gasteiger partial charge is 0.338 e. The van der Waals surface area contributed by atoms with Crippen molar-refractivity contribution in [3.63, 3.8) is 0 Å². The molecule has 1 aromatic rings.